The number of para-hydroxylation sites is 1. The molecular weight excluding hydrogens is 246 g/mol. The number of anilines is 1. The van der Waals surface area contributed by atoms with E-state index in [9.17, 15) is 14.4 Å². The van der Waals surface area contributed by atoms with E-state index >= 15 is 0 Å². The fourth-order valence-corrected chi connectivity index (χ4v) is 1.31. The monoisotopic (exact) mass is 263 g/mol. The minimum absolute atomic E-state index is 0.160. The van der Waals surface area contributed by atoms with Crippen molar-refractivity contribution in [3.8, 4) is 0 Å². The van der Waals surface area contributed by atoms with E-state index in [1.165, 1.54) is 12.1 Å². The van der Waals surface area contributed by atoms with Crippen molar-refractivity contribution in [3.05, 3.63) is 29.8 Å². The number of nitrogens with two attached hydrogens (primary N) is 1. The first kappa shape index (κ1) is 14.7. The van der Waals surface area contributed by atoms with Crippen LogP contribution < -0.4 is 16.4 Å². The van der Waals surface area contributed by atoms with E-state index in [2.05, 4.69) is 5.32 Å². The molecule has 0 aromatic heterocycles. The molecule has 19 heavy (non-hydrogen) atoms. The zero-order valence-corrected chi connectivity index (χ0v) is 10.9. The molecule has 0 radical (unpaired) electrons. The first-order chi connectivity index (χ1) is 8.91. The molecule has 0 aliphatic heterocycles. The summed E-state index contributed by atoms with van der Waals surface area (Å²) >= 11 is 0. The van der Waals surface area contributed by atoms with Crippen molar-refractivity contribution in [3.63, 3.8) is 0 Å². The Hall–Kier alpha value is -2.37. The van der Waals surface area contributed by atoms with Crippen molar-refractivity contribution in [2.45, 2.75) is 13.8 Å². The quantitative estimate of drug-likeness (QED) is 0.539. The predicted molar refractivity (Wildman–Crippen MR) is 71.2 cm³/mol. The third kappa shape index (κ3) is 4.42. The number of hydrogen-bond donors (Lipinski definition) is 3. The molecule has 0 aliphatic carbocycles. The maximum atomic E-state index is 11.7. The summed E-state index contributed by atoms with van der Waals surface area (Å²) in [5.41, 5.74) is 6.00. The van der Waals surface area contributed by atoms with Gasteiger partial charge in [-0.3, -0.25) is 19.7 Å². The maximum absolute atomic E-state index is 11.7. The number of nitrogen functional groups attached to an aromatic ring is 1. The molecule has 6 heteroatoms. The molecule has 1 aromatic rings. The topological polar surface area (TPSA) is 101 Å². The van der Waals surface area contributed by atoms with E-state index in [1.54, 1.807) is 12.1 Å². The predicted octanol–water partition coefficient (Wildman–Crippen LogP) is 0.297. The Labute approximate surface area is 111 Å². The van der Waals surface area contributed by atoms with Gasteiger partial charge in [-0.15, -0.1) is 0 Å². The van der Waals surface area contributed by atoms with Gasteiger partial charge in [0.05, 0.1) is 5.56 Å². The second-order valence-corrected chi connectivity index (χ2v) is 4.47. The molecule has 4 N–H and O–H groups in total. The second-order valence-electron chi connectivity index (χ2n) is 4.47. The molecular formula is C13H17N3O3. The van der Waals surface area contributed by atoms with Gasteiger partial charge in [-0.1, -0.05) is 26.0 Å². The summed E-state index contributed by atoms with van der Waals surface area (Å²) in [6, 6.07) is 6.31. The van der Waals surface area contributed by atoms with Crippen molar-refractivity contribution >= 4 is 23.4 Å². The van der Waals surface area contributed by atoms with Crippen molar-refractivity contribution < 1.29 is 14.4 Å². The van der Waals surface area contributed by atoms with Gasteiger partial charge in [0.15, 0.2) is 0 Å². The van der Waals surface area contributed by atoms with Crippen LogP contribution in [0.15, 0.2) is 24.3 Å². The highest BCUT2D eigenvalue weighted by molar-refractivity contribution is 6.38. The van der Waals surface area contributed by atoms with Crippen LogP contribution >= 0.6 is 0 Å². The van der Waals surface area contributed by atoms with Crippen LogP contribution in [0.2, 0.25) is 0 Å². The van der Waals surface area contributed by atoms with Crippen molar-refractivity contribution in [1.82, 2.24) is 10.6 Å². The minimum atomic E-state index is -0.992. The van der Waals surface area contributed by atoms with Gasteiger partial charge < -0.3 is 11.1 Å². The van der Waals surface area contributed by atoms with Crippen LogP contribution in [0.4, 0.5) is 5.69 Å². The molecule has 0 saturated heterocycles. The maximum Gasteiger partial charge on any atom is 0.316 e. The molecule has 0 saturated carbocycles. The van der Waals surface area contributed by atoms with Gasteiger partial charge in [-0.05, 0) is 18.1 Å². The number of imide groups is 1. The van der Waals surface area contributed by atoms with E-state index in [1.807, 2.05) is 19.2 Å². The Bertz CT molecular complexity index is 498. The van der Waals surface area contributed by atoms with Crippen LogP contribution in [0.3, 0.4) is 0 Å². The van der Waals surface area contributed by atoms with Crippen LogP contribution in [-0.2, 0) is 9.59 Å². The Morgan fingerprint density at radius 1 is 1.16 bits per heavy atom. The number of benzene rings is 1. The molecule has 6 nitrogen and oxygen atoms in total. The zero-order chi connectivity index (χ0) is 14.4. The first-order valence-electron chi connectivity index (χ1n) is 5.89. The third-order valence-corrected chi connectivity index (χ3v) is 2.31. The fraction of sp³-hybridized carbons (Fsp3) is 0.308. The number of nitrogens with one attached hydrogen (secondary N) is 2. The van der Waals surface area contributed by atoms with Crippen LogP contribution in [0.5, 0.6) is 0 Å². The lowest BCUT2D eigenvalue weighted by molar-refractivity contribution is -0.138. The molecule has 0 spiro atoms. The SMILES string of the molecule is CC(C)CNC(=O)C(=O)NC(=O)c1ccccc1N. The lowest BCUT2D eigenvalue weighted by Gasteiger charge is -2.08. The average molecular weight is 263 g/mol. The van der Waals surface area contributed by atoms with Crippen LogP contribution in [-0.4, -0.2) is 24.3 Å². The molecule has 102 valence electrons. The molecule has 0 heterocycles. The molecule has 0 unspecified atom stereocenters. The normalized spacial score (nSPS) is 10.1. The molecule has 3 amide bonds. The molecule has 1 rings (SSSR count). The van der Waals surface area contributed by atoms with Crippen molar-refractivity contribution in [1.29, 1.82) is 0 Å². The van der Waals surface area contributed by atoms with E-state index < -0.39 is 17.7 Å². The van der Waals surface area contributed by atoms with Crippen LogP contribution in [0, 0.1) is 5.92 Å². The van der Waals surface area contributed by atoms with E-state index in [0.717, 1.165) is 0 Å². The summed E-state index contributed by atoms with van der Waals surface area (Å²) in [5.74, 6) is -2.30. The number of carbonyl (C=O) groups excluding carboxylic acids is 3. The standard InChI is InChI=1S/C13H17N3O3/c1-8(2)7-15-12(18)13(19)16-11(17)9-5-3-4-6-10(9)14/h3-6,8H,7,14H2,1-2H3,(H,15,18)(H,16,17,19). The molecule has 1 aromatic carbocycles. The number of hydrogen-bond acceptors (Lipinski definition) is 4. The molecule has 0 fully saturated rings. The minimum Gasteiger partial charge on any atom is -0.398 e. The third-order valence-electron chi connectivity index (χ3n) is 2.31. The second kappa shape index (κ2) is 6.53. The summed E-state index contributed by atoms with van der Waals surface area (Å²) in [7, 11) is 0. The van der Waals surface area contributed by atoms with Crippen LogP contribution in [0.1, 0.15) is 24.2 Å². The zero-order valence-electron chi connectivity index (χ0n) is 10.9. The van der Waals surface area contributed by atoms with Gasteiger partial charge in [-0.2, -0.15) is 0 Å². The number of rotatable bonds is 3. The highest BCUT2D eigenvalue weighted by Gasteiger charge is 2.18. The van der Waals surface area contributed by atoms with Gasteiger partial charge in [0, 0.05) is 12.2 Å². The van der Waals surface area contributed by atoms with Crippen molar-refractivity contribution in [2.24, 2.45) is 5.92 Å². The Morgan fingerprint density at radius 2 is 1.79 bits per heavy atom. The highest BCUT2D eigenvalue weighted by atomic mass is 16.2. The molecule has 0 aliphatic rings. The highest BCUT2D eigenvalue weighted by Crippen LogP contribution is 2.09. The van der Waals surface area contributed by atoms with Gasteiger partial charge in [0.1, 0.15) is 0 Å². The van der Waals surface area contributed by atoms with E-state index in [0.29, 0.717) is 6.54 Å². The Kier molecular flexibility index (Phi) is 5.05. The Balaban J connectivity index is 2.60. The number of amides is 3. The van der Waals surface area contributed by atoms with Gasteiger partial charge in [-0.25, -0.2) is 0 Å². The summed E-state index contributed by atoms with van der Waals surface area (Å²) in [6.45, 7) is 4.16. The van der Waals surface area contributed by atoms with Gasteiger partial charge in [0.25, 0.3) is 5.91 Å². The van der Waals surface area contributed by atoms with Gasteiger partial charge >= 0.3 is 11.8 Å². The summed E-state index contributed by atoms with van der Waals surface area (Å²) in [6.07, 6.45) is 0. The largest absolute Gasteiger partial charge is 0.398 e. The Morgan fingerprint density at radius 3 is 2.37 bits per heavy atom. The van der Waals surface area contributed by atoms with Crippen molar-refractivity contribution in [2.75, 3.05) is 12.3 Å². The first-order valence-corrected chi connectivity index (χ1v) is 5.89. The summed E-state index contributed by atoms with van der Waals surface area (Å²) < 4.78 is 0. The molecule has 0 atom stereocenters. The molecule has 0 bridgehead atoms. The lowest BCUT2D eigenvalue weighted by Crippen LogP contribution is -2.43. The number of carbonyl (C=O) groups is 3. The summed E-state index contributed by atoms with van der Waals surface area (Å²) in [5, 5.41) is 4.41. The van der Waals surface area contributed by atoms with E-state index in [-0.39, 0.29) is 17.2 Å². The average Bonchev–Trinajstić information content (AvgIpc) is 2.36. The smallest absolute Gasteiger partial charge is 0.316 e. The van der Waals surface area contributed by atoms with Crippen LogP contribution in [0.25, 0.3) is 0 Å². The van der Waals surface area contributed by atoms with Gasteiger partial charge in [0.2, 0.25) is 0 Å². The van der Waals surface area contributed by atoms with E-state index in [4.69, 9.17) is 5.73 Å². The lowest BCUT2D eigenvalue weighted by atomic mass is 10.1. The fourth-order valence-electron chi connectivity index (χ4n) is 1.31. The summed E-state index contributed by atoms with van der Waals surface area (Å²) in [4.78, 5) is 34.6.